The number of hydrogen-bond acceptors (Lipinski definition) is 2. The molecule has 0 saturated carbocycles. The summed E-state index contributed by atoms with van der Waals surface area (Å²) in [6.07, 6.45) is 3.51. The van der Waals surface area contributed by atoms with Gasteiger partial charge in [0.2, 0.25) is 0 Å². The maximum absolute atomic E-state index is 12.7. The number of hydrogen-bond donors (Lipinski definition) is 0. The number of benzene rings is 2. The fourth-order valence-electron chi connectivity index (χ4n) is 2.45. The molecule has 1 unspecified atom stereocenters. The Kier molecular flexibility index (Phi) is 3.30. The molecule has 0 radical (unpaired) electrons. The lowest BCUT2D eigenvalue weighted by atomic mass is 9.90. The van der Waals surface area contributed by atoms with E-state index in [0.717, 1.165) is 21.9 Å². The van der Waals surface area contributed by atoms with Gasteiger partial charge in [-0.2, -0.15) is 0 Å². The largest absolute Gasteiger partial charge is 0.293 e. The van der Waals surface area contributed by atoms with Crippen LogP contribution in [0.4, 0.5) is 0 Å². The summed E-state index contributed by atoms with van der Waals surface area (Å²) in [4.78, 5) is 16.9. The van der Waals surface area contributed by atoms with Crippen molar-refractivity contribution in [1.82, 2.24) is 4.98 Å². The molecule has 2 aromatic carbocycles. The smallest absolute Gasteiger partial charge is 0.170 e. The minimum absolute atomic E-state index is 0.134. The summed E-state index contributed by atoms with van der Waals surface area (Å²) in [5.41, 5.74) is 1.78. The first-order valence-corrected chi connectivity index (χ1v) is 6.69. The molecule has 0 aliphatic heterocycles. The SMILES string of the molecule is CC(C(=O)c1cccc2ccncc12)c1ccccc1. The van der Waals surface area contributed by atoms with Gasteiger partial charge in [-0.05, 0) is 17.0 Å². The summed E-state index contributed by atoms with van der Waals surface area (Å²) < 4.78 is 0. The molecule has 0 amide bonds. The Morgan fingerprint density at radius 1 is 1.00 bits per heavy atom. The van der Waals surface area contributed by atoms with E-state index < -0.39 is 0 Å². The van der Waals surface area contributed by atoms with Gasteiger partial charge in [-0.15, -0.1) is 0 Å². The first kappa shape index (κ1) is 12.5. The summed E-state index contributed by atoms with van der Waals surface area (Å²) in [6, 6.07) is 17.6. The van der Waals surface area contributed by atoms with Crippen LogP contribution in [-0.4, -0.2) is 10.8 Å². The van der Waals surface area contributed by atoms with E-state index in [1.54, 1.807) is 12.4 Å². The van der Waals surface area contributed by atoms with Crippen molar-refractivity contribution in [3.05, 3.63) is 78.1 Å². The Balaban J connectivity index is 2.05. The number of ketones is 1. The van der Waals surface area contributed by atoms with Crippen LogP contribution in [0.2, 0.25) is 0 Å². The molecule has 0 aliphatic carbocycles. The van der Waals surface area contributed by atoms with E-state index in [9.17, 15) is 4.79 Å². The van der Waals surface area contributed by atoms with Crippen molar-refractivity contribution in [3.63, 3.8) is 0 Å². The number of fused-ring (bicyclic) bond motifs is 1. The Morgan fingerprint density at radius 3 is 2.60 bits per heavy atom. The third-order valence-electron chi connectivity index (χ3n) is 3.64. The van der Waals surface area contributed by atoms with Crippen LogP contribution in [0, 0.1) is 0 Å². The molecule has 3 aromatic rings. The summed E-state index contributed by atoms with van der Waals surface area (Å²) in [6.45, 7) is 1.95. The van der Waals surface area contributed by atoms with Gasteiger partial charge in [0, 0.05) is 29.3 Å². The minimum atomic E-state index is -0.151. The third-order valence-corrected chi connectivity index (χ3v) is 3.64. The fourth-order valence-corrected chi connectivity index (χ4v) is 2.45. The number of pyridine rings is 1. The predicted molar refractivity (Wildman–Crippen MR) is 80.9 cm³/mol. The normalized spacial score (nSPS) is 12.2. The molecule has 98 valence electrons. The molecule has 20 heavy (non-hydrogen) atoms. The van der Waals surface area contributed by atoms with E-state index in [2.05, 4.69) is 4.98 Å². The summed E-state index contributed by atoms with van der Waals surface area (Å²) >= 11 is 0. The minimum Gasteiger partial charge on any atom is -0.293 e. The highest BCUT2D eigenvalue weighted by Gasteiger charge is 2.18. The molecule has 0 aliphatic rings. The number of carbonyl (C=O) groups excluding carboxylic acids is 1. The Labute approximate surface area is 118 Å². The molecule has 0 N–H and O–H groups in total. The lowest BCUT2D eigenvalue weighted by Gasteiger charge is -2.12. The maximum atomic E-state index is 12.7. The Bertz CT molecular complexity index is 744. The zero-order valence-electron chi connectivity index (χ0n) is 11.3. The molecular weight excluding hydrogens is 246 g/mol. The van der Waals surface area contributed by atoms with Gasteiger partial charge in [0.15, 0.2) is 5.78 Å². The van der Waals surface area contributed by atoms with Gasteiger partial charge in [-0.25, -0.2) is 0 Å². The highest BCUT2D eigenvalue weighted by Crippen LogP contribution is 2.25. The first-order valence-electron chi connectivity index (χ1n) is 6.69. The van der Waals surface area contributed by atoms with Crippen LogP contribution >= 0.6 is 0 Å². The number of carbonyl (C=O) groups is 1. The Morgan fingerprint density at radius 2 is 1.80 bits per heavy atom. The summed E-state index contributed by atoms with van der Waals surface area (Å²) in [5, 5.41) is 1.97. The van der Waals surface area contributed by atoms with Crippen LogP contribution in [0.5, 0.6) is 0 Å². The van der Waals surface area contributed by atoms with E-state index in [-0.39, 0.29) is 11.7 Å². The van der Waals surface area contributed by atoms with Crippen LogP contribution < -0.4 is 0 Å². The lowest BCUT2D eigenvalue weighted by molar-refractivity contribution is 0.0967. The lowest BCUT2D eigenvalue weighted by Crippen LogP contribution is -2.10. The monoisotopic (exact) mass is 261 g/mol. The highest BCUT2D eigenvalue weighted by molar-refractivity contribution is 6.10. The highest BCUT2D eigenvalue weighted by atomic mass is 16.1. The van der Waals surface area contributed by atoms with E-state index >= 15 is 0 Å². The van der Waals surface area contributed by atoms with Crippen molar-refractivity contribution < 1.29 is 4.79 Å². The standard InChI is InChI=1S/C18H15NO/c1-13(14-6-3-2-4-7-14)18(20)16-9-5-8-15-10-11-19-12-17(15)16/h2-13H,1H3. The van der Waals surface area contributed by atoms with E-state index in [1.165, 1.54) is 0 Å². The zero-order chi connectivity index (χ0) is 13.9. The van der Waals surface area contributed by atoms with E-state index in [0.29, 0.717) is 0 Å². The van der Waals surface area contributed by atoms with E-state index in [4.69, 9.17) is 0 Å². The van der Waals surface area contributed by atoms with Crippen molar-refractivity contribution in [2.24, 2.45) is 0 Å². The van der Waals surface area contributed by atoms with Gasteiger partial charge in [0.05, 0.1) is 0 Å². The second-order valence-electron chi connectivity index (χ2n) is 4.90. The van der Waals surface area contributed by atoms with Crippen LogP contribution in [0.25, 0.3) is 10.8 Å². The van der Waals surface area contributed by atoms with Gasteiger partial charge in [0.1, 0.15) is 0 Å². The fraction of sp³-hybridized carbons (Fsp3) is 0.111. The topological polar surface area (TPSA) is 30.0 Å². The molecule has 3 rings (SSSR count). The molecule has 0 saturated heterocycles. The molecule has 1 aromatic heterocycles. The number of nitrogens with zero attached hydrogens (tertiary/aromatic N) is 1. The molecule has 1 heterocycles. The van der Waals surface area contributed by atoms with Crippen molar-refractivity contribution in [2.45, 2.75) is 12.8 Å². The maximum Gasteiger partial charge on any atom is 0.170 e. The Hall–Kier alpha value is -2.48. The van der Waals surface area contributed by atoms with Crippen molar-refractivity contribution >= 4 is 16.6 Å². The van der Waals surface area contributed by atoms with Gasteiger partial charge < -0.3 is 0 Å². The molecule has 0 bridgehead atoms. The van der Waals surface area contributed by atoms with Crippen LogP contribution in [0.1, 0.15) is 28.8 Å². The third kappa shape index (κ3) is 2.21. The van der Waals surface area contributed by atoms with Crippen molar-refractivity contribution in [1.29, 1.82) is 0 Å². The van der Waals surface area contributed by atoms with Crippen molar-refractivity contribution in [3.8, 4) is 0 Å². The number of Topliss-reactive ketones (excluding diaryl/α,β-unsaturated/α-hetero) is 1. The predicted octanol–water partition coefficient (Wildman–Crippen LogP) is 4.22. The van der Waals surface area contributed by atoms with Crippen LogP contribution in [0.3, 0.4) is 0 Å². The number of rotatable bonds is 3. The quantitative estimate of drug-likeness (QED) is 0.661. The van der Waals surface area contributed by atoms with Gasteiger partial charge in [0.25, 0.3) is 0 Å². The van der Waals surface area contributed by atoms with Gasteiger partial charge in [-0.1, -0.05) is 55.5 Å². The number of aromatic nitrogens is 1. The summed E-state index contributed by atoms with van der Waals surface area (Å²) in [5.74, 6) is -0.0168. The molecule has 0 spiro atoms. The molecule has 0 fully saturated rings. The van der Waals surface area contributed by atoms with Crippen molar-refractivity contribution in [2.75, 3.05) is 0 Å². The first-order chi connectivity index (χ1) is 9.77. The second kappa shape index (κ2) is 5.25. The van der Waals surface area contributed by atoms with Crippen LogP contribution in [0.15, 0.2) is 67.0 Å². The average Bonchev–Trinajstić information content (AvgIpc) is 2.54. The molecular formula is C18H15NO. The second-order valence-corrected chi connectivity index (χ2v) is 4.90. The van der Waals surface area contributed by atoms with Crippen LogP contribution in [-0.2, 0) is 0 Å². The van der Waals surface area contributed by atoms with Gasteiger partial charge >= 0.3 is 0 Å². The molecule has 1 atom stereocenters. The average molecular weight is 261 g/mol. The van der Waals surface area contributed by atoms with Gasteiger partial charge in [-0.3, -0.25) is 9.78 Å². The van der Waals surface area contributed by atoms with E-state index in [1.807, 2.05) is 61.5 Å². The molecule has 2 heteroatoms. The zero-order valence-corrected chi connectivity index (χ0v) is 11.3. The summed E-state index contributed by atoms with van der Waals surface area (Å²) in [7, 11) is 0. The molecule has 2 nitrogen and oxygen atoms in total.